The summed E-state index contributed by atoms with van der Waals surface area (Å²) in [6, 6.07) is 22.6. The molecule has 1 atom stereocenters. The van der Waals surface area contributed by atoms with Gasteiger partial charge in [0, 0.05) is 49.4 Å². The van der Waals surface area contributed by atoms with Crippen LogP contribution in [0.1, 0.15) is 28.3 Å². The van der Waals surface area contributed by atoms with Gasteiger partial charge in [-0.25, -0.2) is 17.2 Å². The van der Waals surface area contributed by atoms with Crippen molar-refractivity contribution in [1.82, 2.24) is 9.47 Å². The molecule has 0 radical (unpaired) electrons. The molecule has 2 heterocycles. The molecular weight excluding hydrogens is 514 g/mol. The van der Waals surface area contributed by atoms with Crippen molar-refractivity contribution in [1.29, 1.82) is 0 Å². The smallest absolute Gasteiger partial charge is 0.176 e. The van der Waals surface area contributed by atoms with E-state index >= 15 is 0 Å². The van der Waals surface area contributed by atoms with Gasteiger partial charge in [-0.1, -0.05) is 48.0 Å². The van der Waals surface area contributed by atoms with Gasteiger partial charge in [-0.05, 0) is 64.2 Å². The predicted molar refractivity (Wildman–Crippen MR) is 143 cm³/mol. The molecule has 1 aliphatic heterocycles. The third-order valence-electron chi connectivity index (χ3n) is 6.48. The predicted octanol–water partition coefficient (Wildman–Crippen LogP) is 6.33. The minimum atomic E-state index is -3.73. The van der Waals surface area contributed by atoms with Crippen LogP contribution in [0.15, 0.2) is 96.8 Å². The maximum atomic E-state index is 13.9. The number of hydrogen-bond acceptors (Lipinski definition) is 3. The molecule has 1 aliphatic rings. The van der Waals surface area contributed by atoms with Crippen LogP contribution in [0.3, 0.4) is 0 Å². The van der Waals surface area contributed by atoms with Crippen LogP contribution >= 0.6 is 11.6 Å². The van der Waals surface area contributed by atoms with Crippen molar-refractivity contribution in [3.8, 4) is 0 Å². The fraction of sp³-hybridized carbons (Fsp3) is 0.172. The summed E-state index contributed by atoms with van der Waals surface area (Å²) in [5.74, 6) is -1.63. The lowest BCUT2D eigenvalue weighted by atomic mass is 9.91. The van der Waals surface area contributed by atoms with Crippen molar-refractivity contribution in [3.05, 3.63) is 136 Å². The first-order valence-corrected chi connectivity index (χ1v) is 14.0. The molecular formula is C29H25ClF2N2O2S. The topological polar surface area (TPSA) is 42.3 Å². The molecule has 4 nitrogen and oxygen atoms in total. The van der Waals surface area contributed by atoms with E-state index in [0.29, 0.717) is 23.7 Å². The second-order valence-corrected chi connectivity index (χ2v) is 11.7. The summed E-state index contributed by atoms with van der Waals surface area (Å²) in [6.07, 6.45) is 5.10. The van der Waals surface area contributed by atoms with E-state index in [2.05, 4.69) is 33.7 Å². The fourth-order valence-electron chi connectivity index (χ4n) is 4.89. The van der Waals surface area contributed by atoms with Gasteiger partial charge in [-0.2, -0.15) is 0 Å². The Morgan fingerprint density at radius 1 is 0.892 bits per heavy atom. The van der Waals surface area contributed by atoms with E-state index in [1.807, 2.05) is 48.8 Å². The quantitative estimate of drug-likeness (QED) is 0.276. The lowest BCUT2D eigenvalue weighted by molar-refractivity contribution is 0.203. The van der Waals surface area contributed by atoms with Crippen LogP contribution in [0.25, 0.3) is 4.91 Å². The van der Waals surface area contributed by atoms with Crippen molar-refractivity contribution < 1.29 is 17.2 Å². The lowest BCUT2D eigenvalue weighted by Gasteiger charge is -2.42. The zero-order valence-electron chi connectivity index (χ0n) is 20.1. The second-order valence-electron chi connectivity index (χ2n) is 9.32. The number of hydrogen-bond donors (Lipinski definition) is 0. The molecule has 1 saturated heterocycles. The third-order valence-corrected chi connectivity index (χ3v) is 8.00. The Bertz CT molecular complexity index is 1520. The summed E-state index contributed by atoms with van der Waals surface area (Å²) in [7, 11) is -3.73. The molecule has 37 heavy (non-hydrogen) atoms. The highest BCUT2D eigenvalue weighted by Gasteiger charge is 2.35. The molecule has 0 spiro atoms. The van der Waals surface area contributed by atoms with E-state index in [9.17, 15) is 17.2 Å². The van der Waals surface area contributed by atoms with Crippen LogP contribution < -0.4 is 0 Å². The Morgan fingerprint density at radius 2 is 1.43 bits per heavy atom. The average Bonchev–Trinajstić information content (AvgIpc) is 3.31. The molecule has 0 bridgehead atoms. The molecule has 3 aromatic carbocycles. The number of halogens is 3. The summed E-state index contributed by atoms with van der Waals surface area (Å²) in [5, 5.41) is 0.626. The summed E-state index contributed by atoms with van der Waals surface area (Å²) >= 11 is 6.14. The summed E-state index contributed by atoms with van der Waals surface area (Å²) in [4.78, 5) is 2.12. The molecule has 4 aromatic rings. The van der Waals surface area contributed by atoms with Crippen LogP contribution in [0.4, 0.5) is 8.78 Å². The third kappa shape index (κ3) is 5.69. The molecule has 5 rings (SSSR count). The van der Waals surface area contributed by atoms with E-state index in [-0.39, 0.29) is 16.5 Å². The van der Waals surface area contributed by atoms with Gasteiger partial charge in [-0.15, -0.1) is 0 Å². The molecule has 0 unspecified atom stereocenters. The monoisotopic (exact) mass is 538 g/mol. The van der Waals surface area contributed by atoms with Crippen LogP contribution in [-0.2, 0) is 16.4 Å². The average molecular weight is 539 g/mol. The zero-order chi connectivity index (χ0) is 26.2. The van der Waals surface area contributed by atoms with Gasteiger partial charge in [-0.3, -0.25) is 4.90 Å². The Hall–Kier alpha value is -3.26. The normalized spacial score (nSPS) is 14.9. The molecule has 8 heteroatoms. The molecule has 190 valence electrons. The molecule has 1 fully saturated rings. The largest absolute Gasteiger partial charge is 0.350 e. The highest BCUT2D eigenvalue weighted by molar-refractivity contribution is 8.00. The first kappa shape index (κ1) is 25.4. The van der Waals surface area contributed by atoms with Gasteiger partial charge >= 0.3 is 0 Å². The van der Waals surface area contributed by atoms with Crippen molar-refractivity contribution in [2.24, 2.45) is 0 Å². The van der Waals surface area contributed by atoms with Crippen molar-refractivity contribution in [3.63, 3.8) is 0 Å². The van der Waals surface area contributed by atoms with Gasteiger partial charge in [0.05, 0.1) is 10.9 Å². The first-order valence-electron chi connectivity index (χ1n) is 11.7. The minimum Gasteiger partial charge on any atom is -0.350 e. The van der Waals surface area contributed by atoms with E-state index in [4.69, 9.17) is 11.6 Å². The van der Waals surface area contributed by atoms with Gasteiger partial charge < -0.3 is 4.57 Å². The van der Waals surface area contributed by atoms with Crippen molar-refractivity contribution in [2.45, 2.75) is 12.6 Å². The molecule has 0 saturated carbocycles. The number of rotatable bonds is 7. The Kier molecular flexibility index (Phi) is 7.03. The number of sulfone groups is 1. The molecule has 0 amide bonds. The molecule has 0 aliphatic carbocycles. The van der Waals surface area contributed by atoms with Crippen molar-refractivity contribution in [2.75, 3.05) is 19.3 Å². The Morgan fingerprint density at radius 3 is 1.97 bits per heavy atom. The van der Waals surface area contributed by atoms with Crippen LogP contribution in [0.5, 0.6) is 0 Å². The number of likely N-dealkylation sites (tertiary alicyclic amines) is 1. The van der Waals surface area contributed by atoms with Gasteiger partial charge in [0.2, 0.25) is 0 Å². The van der Waals surface area contributed by atoms with Crippen LogP contribution in [0.2, 0.25) is 5.02 Å². The van der Waals surface area contributed by atoms with Crippen LogP contribution in [0, 0.1) is 11.6 Å². The summed E-state index contributed by atoms with van der Waals surface area (Å²) in [5.41, 5.74) is 3.88. The molecule has 1 aromatic heterocycles. The molecule has 0 N–H and O–H groups in total. The number of nitrogens with zero attached hydrogens (tertiary/aromatic N) is 2. The van der Waals surface area contributed by atoms with Gasteiger partial charge in [0.25, 0.3) is 0 Å². The van der Waals surface area contributed by atoms with E-state index in [1.165, 1.54) is 0 Å². The highest BCUT2D eigenvalue weighted by Crippen LogP contribution is 2.38. The van der Waals surface area contributed by atoms with E-state index in [0.717, 1.165) is 47.7 Å². The number of aromatic nitrogens is 1. The minimum absolute atomic E-state index is 0.0147. The summed E-state index contributed by atoms with van der Waals surface area (Å²) in [6.45, 7) is 1.45. The SMILES string of the molecule is CS(=O)(=O)C(=C1CN([C@@H](c2ccc(Cl)cc2)c2ccc(Cn3cccc3)cc2)C1)c1cc(F)cc(F)c1. The Balaban J connectivity index is 1.48. The second kappa shape index (κ2) is 10.2. The maximum absolute atomic E-state index is 13.9. The highest BCUT2D eigenvalue weighted by atomic mass is 35.5. The van der Waals surface area contributed by atoms with Crippen molar-refractivity contribution >= 4 is 26.3 Å². The van der Waals surface area contributed by atoms with Gasteiger partial charge in [0.15, 0.2) is 9.84 Å². The zero-order valence-corrected chi connectivity index (χ0v) is 21.7. The number of benzene rings is 3. The lowest BCUT2D eigenvalue weighted by Crippen LogP contribution is -2.44. The Labute approximate surface area is 220 Å². The van der Waals surface area contributed by atoms with E-state index < -0.39 is 21.5 Å². The fourth-order valence-corrected chi connectivity index (χ4v) is 6.21. The standard InChI is InChI=1S/C29H25ClF2N2O2S/c1-37(35,36)29(23-14-26(31)16-27(32)15-23)24-18-34(19-24)28(22-8-10-25(30)11-9-22)21-6-4-20(5-7-21)17-33-12-2-3-13-33/h2-16,28H,17-19H2,1H3/t28-/m1/s1. The first-order chi connectivity index (χ1) is 17.7. The van der Waals surface area contributed by atoms with Crippen LogP contribution in [-0.4, -0.2) is 37.2 Å². The maximum Gasteiger partial charge on any atom is 0.176 e. The van der Waals surface area contributed by atoms with E-state index in [1.54, 1.807) is 0 Å². The van der Waals surface area contributed by atoms with Gasteiger partial charge in [0.1, 0.15) is 11.6 Å². The summed E-state index contributed by atoms with van der Waals surface area (Å²) < 4.78 is 55.3.